The maximum absolute atomic E-state index is 14.0. The zero-order valence-corrected chi connectivity index (χ0v) is 12.8. The number of aromatic nitrogens is 2. The molecule has 24 heavy (non-hydrogen) atoms. The van der Waals surface area contributed by atoms with E-state index in [1.807, 2.05) is 0 Å². The lowest BCUT2D eigenvalue weighted by Crippen LogP contribution is -2.14. The molecule has 3 rings (SSSR count). The van der Waals surface area contributed by atoms with Crippen LogP contribution in [0.25, 0.3) is 11.3 Å². The highest BCUT2D eigenvalue weighted by Crippen LogP contribution is 2.28. The number of carbonyl (C=O) groups is 1. The summed E-state index contributed by atoms with van der Waals surface area (Å²) >= 11 is 0. The number of nitrogens with zero attached hydrogens (tertiary/aromatic N) is 2. The van der Waals surface area contributed by atoms with Crippen LogP contribution in [-0.2, 0) is 6.42 Å². The Labute approximate surface area is 136 Å². The molecule has 0 radical (unpaired) electrons. The molecular formula is C18H13F3N2O. The number of rotatable bonds is 3. The van der Waals surface area contributed by atoms with E-state index in [0.29, 0.717) is 12.0 Å². The topological polar surface area (TPSA) is 34.9 Å². The van der Waals surface area contributed by atoms with E-state index in [4.69, 9.17) is 0 Å². The molecule has 0 aliphatic carbocycles. The average molecular weight is 330 g/mol. The van der Waals surface area contributed by atoms with Crippen LogP contribution in [0.2, 0.25) is 0 Å². The van der Waals surface area contributed by atoms with Crippen LogP contribution in [0.15, 0.2) is 48.7 Å². The fourth-order valence-corrected chi connectivity index (χ4v) is 2.47. The Kier molecular flexibility index (Phi) is 4.20. The predicted molar refractivity (Wildman–Crippen MR) is 83.1 cm³/mol. The van der Waals surface area contributed by atoms with Crippen LogP contribution in [0, 0.1) is 17.5 Å². The van der Waals surface area contributed by atoms with Gasteiger partial charge in [-0.3, -0.25) is 4.79 Å². The maximum atomic E-state index is 14.0. The second-order valence-electron chi connectivity index (χ2n) is 5.18. The number of aryl methyl sites for hydroxylation is 1. The van der Waals surface area contributed by atoms with Gasteiger partial charge in [0.25, 0.3) is 5.91 Å². The molecule has 0 aliphatic rings. The molecule has 1 heterocycles. The van der Waals surface area contributed by atoms with Crippen LogP contribution < -0.4 is 0 Å². The van der Waals surface area contributed by atoms with Crippen molar-refractivity contribution in [3.8, 4) is 11.3 Å². The smallest absolute Gasteiger partial charge is 0.267 e. The van der Waals surface area contributed by atoms with Gasteiger partial charge in [0.1, 0.15) is 23.1 Å². The van der Waals surface area contributed by atoms with Gasteiger partial charge >= 0.3 is 0 Å². The molecule has 0 fully saturated rings. The molecule has 0 aliphatic heterocycles. The molecule has 2 aromatic carbocycles. The first kappa shape index (κ1) is 16.0. The van der Waals surface area contributed by atoms with Crippen molar-refractivity contribution in [3.63, 3.8) is 0 Å². The Morgan fingerprint density at radius 3 is 2.25 bits per heavy atom. The standard InChI is InChI=1S/C18H13F3N2O/c1-2-11-10-23(18(24)12-6-3-4-7-13(12)19)22-17(11)16-14(20)8-5-9-15(16)21/h3-10H,2H2,1H3. The van der Waals surface area contributed by atoms with E-state index in [1.54, 1.807) is 6.92 Å². The van der Waals surface area contributed by atoms with Crippen LogP contribution in [0.5, 0.6) is 0 Å². The van der Waals surface area contributed by atoms with Gasteiger partial charge in [-0.2, -0.15) is 5.10 Å². The Bertz CT molecular complexity index is 898. The van der Waals surface area contributed by atoms with Crippen molar-refractivity contribution < 1.29 is 18.0 Å². The van der Waals surface area contributed by atoms with E-state index in [-0.39, 0.29) is 16.8 Å². The van der Waals surface area contributed by atoms with E-state index in [9.17, 15) is 18.0 Å². The second kappa shape index (κ2) is 6.31. The van der Waals surface area contributed by atoms with Gasteiger partial charge in [0.2, 0.25) is 0 Å². The van der Waals surface area contributed by atoms with Crippen molar-refractivity contribution >= 4 is 5.91 Å². The lowest BCUT2D eigenvalue weighted by Gasteiger charge is -2.04. The Morgan fingerprint density at radius 1 is 1.00 bits per heavy atom. The molecule has 0 saturated carbocycles. The van der Waals surface area contributed by atoms with Crippen LogP contribution in [0.1, 0.15) is 22.8 Å². The molecular weight excluding hydrogens is 317 g/mol. The minimum absolute atomic E-state index is 0.0396. The number of halogens is 3. The Balaban J connectivity index is 2.12. The minimum Gasteiger partial charge on any atom is -0.267 e. The molecule has 6 heteroatoms. The molecule has 122 valence electrons. The first-order valence-electron chi connectivity index (χ1n) is 7.35. The SMILES string of the molecule is CCc1cn(C(=O)c2ccccc2F)nc1-c1c(F)cccc1F. The van der Waals surface area contributed by atoms with Crippen molar-refractivity contribution in [2.75, 3.05) is 0 Å². The van der Waals surface area contributed by atoms with Gasteiger partial charge in [-0.25, -0.2) is 17.9 Å². The second-order valence-corrected chi connectivity index (χ2v) is 5.18. The minimum atomic E-state index is -0.770. The van der Waals surface area contributed by atoms with Gasteiger partial charge in [-0.15, -0.1) is 0 Å². The highest BCUT2D eigenvalue weighted by Gasteiger charge is 2.21. The molecule has 0 N–H and O–H groups in total. The highest BCUT2D eigenvalue weighted by molar-refractivity contribution is 5.96. The zero-order valence-electron chi connectivity index (χ0n) is 12.8. The number of carbonyl (C=O) groups excluding carboxylic acids is 1. The maximum Gasteiger partial charge on any atom is 0.281 e. The first-order valence-corrected chi connectivity index (χ1v) is 7.35. The molecule has 3 aromatic rings. The third-order valence-corrected chi connectivity index (χ3v) is 3.68. The van der Waals surface area contributed by atoms with Crippen LogP contribution in [0.3, 0.4) is 0 Å². The number of hydrogen-bond donors (Lipinski definition) is 0. The van der Waals surface area contributed by atoms with Gasteiger partial charge in [0, 0.05) is 6.20 Å². The summed E-state index contributed by atoms with van der Waals surface area (Å²) in [5, 5.41) is 4.01. The van der Waals surface area contributed by atoms with Crippen molar-refractivity contribution in [2.24, 2.45) is 0 Å². The molecule has 1 aromatic heterocycles. The highest BCUT2D eigenvalue weighted by atomic mass is 19.1. The van der Waals surface area contributed by atoms with E-state index < -0.39 is 23.4 Å². The third kappa shape index (κ3) is 2.71. The summed E-state index contributed by atoms with van der Waals surface area (Å²) in [6.07, 6.45) is 1.78. The molecule has 3 nitrogen and oxygen atoms in total. The van der Waals surface area contributed by atoms with Crippen molar-refractivity contribution in [1.82, 2.24) is 9.78 Å². The summed E-state index contributed by atoms with van der Waals surface area (Å²) in [6.45, 7) is 1.77. The first-order chi connectivity index (χ1) is 11.5. The molecule has 0 spiro atoms. The summed E-state index contributed by atoms with van der Waals surface area (Å²) in [5.74, 6) is -2.93. The van der Waals surface area contributed by atoms with E-state index >= 15 is 0 Å². The van der Waals surface area contributed by atoms with Crippen LogP contribution in [-0.4, -0.2) is 15.7 Å². The molecule has 0 unspecified atom stereocenters. The quantitative estimate of drug-likeness (QED) is 0.721. The number of hydrogen-bond acceptors (Lipinski definition) is 2. The summed E-state index contributed by atoms with van der Waals surface area (Å²) in [6, 6.07) is 8.97. The monoisotopic (exact) mass is 330 g/mol. The van der Waals surface area contributed by atoms with Crippen molar-refractivity contribution in [2.45, 2.75) is 13.3 Å². The Hall–Kier alpha value is -2.89. The van der Waals surface area contributed by atoms with E-state index in [1.165, 1.54) is 30.5 Å². The average Bonchev–Trinajstić information content (AvgIpc) is 2.98. The zero-order chi connectivity index (χ0) is 17.3. The van der Waals surface area contributed by atoms with Gasteiger partial charge in [-0.05, 0) is 36.2 Å². The van der Waals surface area contributed by atoms with E-state index in [2.05, 4.69) is 5.10 Å². The van der Waals surface area contributed by atoms with E-state index in [0.717, 1.165) is 22.9 Å². The lowest BCUT2D eigenvalue weighted by molar-refractivity contribution is 0.0941. The molecule has 0 amide bonds. The molecule has 0 atom stereocenters. The summed E-state index contributed by atoms with van der Waals surface area (Å²) in [5.41, 5.74) is 0.0686. The van der Waals surface area contributed by atoms with Crippen LogP contribution >= 0.6 is 0 Å². The summed E-state index contributed by atoms with van der Waals surface area (Å²) < 4.78 is 42.7. The van der Waals surface area contributed by atoms with Gasteiger partial charge < -0.3 is 0 Å². The normalized spacial score (nSPS) is 10.8. The van der Waals surface area contributed by atoms with Crippen molar-refractivity contribution in [3.05, 3.63) is 77.2 Å². The predicted octanol–water partition coefficient (Wildman–Crippen LogP) is 4.22. The fourth-order valence-electron chi connectivity index (χ4n) is 2.47. The molecule has 0 bridgehead atoms. The largest absolute Gasteiger partial charge is 0.281 e. The van der Waals surface area contributed by atoms with Crippen molar-refractivity contribution in [1.29, 1.82) is 0 Å². The summed E-state index contributed by atoms with van der Waals surface area (Å²) in [7, 11) is 0. The fraction of sp³-hybridized carbons (Fsp3) is 0.111. The van der Waals surface area contributed by atoms with Gasteiger partial charge in [0.15, 0.2) is 0 Å². The van der Waals surface area contributed by atoms with Crippen LogP contribution in [0.4, 0.5) is 13.2 Å². The van der Waals surface area contributed by atoms with Gasteiger partial charge in [-0.1, -0.05) is 25.1 Å². The molecule has 0 saturated heterocycles. The Morgan fingerprint density at radius 2 is 1.62 bits per heavy atom. The summed E-state index contributed by atoms with van der Waals surface area (Å²) in [4.78, 5) is 12.4. The lowest BCUT2D eigenvalue weighted by atomic mass is 10.1. The van der Waals surface area contributed by atoms with Gasteiger partial charge in [0.05, 0.1) is 11.1 Å². The number of benzene rings is 2. The third-order valence-electron chi connectivity index (χ3n) is 3.68.